The summed E-state index contributed by atoms with van der Waals surface area (Å²) in [5.74, 6) is 1.48. The Bertz CT molecular complexity index is 719. The van der Waals surface area contributed by atoms with E-state index in [0.717, 1.165) is 22.6 Å². The Kier molecular flexibility index (Phi) is 1.55. The Hall–Kier alpha value is -2.43. The first kappa shape index (κ1) is 8.69. The number of ether oxygens (including phenoxy) is 1. The van der Waals surface area contributed by atoms with E-state index in [0.29, 0.717) is 12.4 Å². The van der Waals surface area contributed by atoms with E-state index < -0.39 is 0 Å². The van der Waals surface area contributed by atoms with E-state index in [-0.39, 0.29) is 0 Å². The van der Waals surface area contributed by atoms with Crippen molar-refractivity contribution in [3.63, 3.8) is 0 Å². The molecule has 0 aliphatic carbocycles. The molecule has 0 radical (unpaired) electrons. The molecule has 0 saturated heterocycles. The van der Waals surface area contributed by atoms with Crippen LogP contribution in [-0.2, 0) is 6.61 Å². The van der Waals surface area contributed by atoms with Crippen molar-refractivity contribution in [3.8, 4) is 17.0 Å². The van der Waals surface area contributed by atoms with E-state index in [9.17, 15) is 0 Å². The Morgan fingerprint density at radius 1 is 1.24 bits per heavy atom. The number of benzene rings is 1. The number of rotatable bonds is 0. The quantitative estimate of drug-likeness (QED) is 0.583. The first-order chi connectivity index (χ1) is 8.42. The molecule has 3 heterocycles. The van der Waals surface area contributed by atoms with Crippen molar-refractivity contribution in [2.24, 2.45) is 0 Å². The second-order valence-electron chi connectivity index (χ2n) is 3.94. The molecule has 4 rings (SSSR count). The van der Waals surface area contributed by atoms with Crippen molar-refractivity contribution in [2.45, 2.75) is 6.61 Å². The highest BCUT2D eigenvalue weighted by molar-refractivity contribution is 5.72. The molecule has 0 atom stereocenters. The number of para-hydroxylation sites is 1. The Balaban J connectivity index is 2.07. The predicted octanol–water partition coefficient (Wildman–Crippen LogP) is 1.68. The fraction of sp³-hybridized carbons (Fsp3) is 0.0833. The van der Waals surface area contributed by atoms with Crippen LogP contribution in [0.25, 0.3) is 17.0 Å². The Morgan fingerprint density at radius 3 is 3.18 bits per heavy atom. The van der Waals surface area contributed by atoms with Crippen LogP contribution in [0.3, 0.4) is 0 Å². The largest absolute Gasteiger partial charge is 0.488 e. The molecule has 0 saturated carbocycles. The Labute approximate surface area is 96.7 Å². The van der Waals surface area contributed by atoms with Crippen molar-refractivity contribution in [3.05, 3.63) is 42.4 Å². The average Bonchev–Trinajstić information content (AvgIpc) is 2.83. The molecule has 3 aromatic rings. The third-order valence-electron chi connectivity index (χ3n) is 2.89. The topological polar surface area (TPSA) is 52.3 Å². The first-order valence-corrected chi connectivity index (χ1v) is 5.33. The second-order valence-corrected chi connectivity index (χ2v) is 3.94. The van der Waals surface area contributed by atoms with Gasteiger partial charge in [0.1, 0.15) is 18.7 Å². The second kappa shape index (κ2) is 3.04. The van der Waals surface area contributed by atoms with Crippen molar-refractivity contribution < 1.29 is 4.74 Å². The van der Waals surface area contributed by atoms with Gasteiger partial charge in [0.2, 0.25) is 0 Å². The molecular formula is C12H8N4O. The van der Waals surface area contributed by atoms with Gasteiger partial charge in [0.05, 0.1) is 5.69 Å². The van der Waals surface area contributed by atoms with E-state index >= 15 is 0 Å². The molecule has 82 valence electrons. The van der Waals surface area contributed by atoms with Crippen LogP contribution in [0.1, 0.15) is 5.56 Å². The van der Waals surface area contributed by atoms with Crippen molar-refractivity contribution in [1.29, 1.82) is 0 Å². The zero-order valence-electron chi connectivity index (χ0n) is 8.87. The first-order valence-electron chi connectivity index (χ1n) is 5.33. The molecule has 0 spiro atoms. The molecule has 1 aliphatic heterocycles. The molecule has 2 aromatic heterocycles. The van der Waals surface area contributed by atoms with Crippen molar-refractivity contribution >= 4 is 5.78 Å². The number of fused-ring (bicyclic) bond motifs is 4. The zero-order chi connectivity index (χ0) is 11.2. The van der Waals surface area contributed by atoms with Crippen LogP contribution in [0.5, 0.6) is 5.75 Å². The number of nitrogens with zero attached hydrogens (tertiary/aromatic N) is 4. The van der Waals surface area contributed by atoms with Gasteiger partial charge in [-0.15, -0.1) is 10.2 Å². The van der Waals surface area contributed by atoms with E-state index in [1.807, 2.05) is 30.5 Å². The molecule has 1 aliphatic rings. The molecule has 5 nitrogen and oxygen atoms in total. The molecular weight excluding hydrogens is 216 g/mol. The molecule has 0 unspecified atom stereocenters. The predicted molar refractivity (Wildman–Crippen MR) is 60.6 cm³/mol. The minimum Gasteiger partial charge on any atom is -0.488 e. The molecule has 17 heavy (non-hydrogen) atoms. The zero-order valence-corrected chi connectivity index (χ0v) is 8.87. The molecule has 0 amide bonds. The molecule has 0 bridgehead atoms. The summed E-state index contributed by atoms with van der Waals surface area (Å²) in [6.45, 7) is 0.535. The van der Waals surface area contributed by atoms with E-state index in [1.54, 1.807) is 10.7 Å². The number of hydrogen-bond acceptors (Lipinski definition) is 4. The van der Waals surface area contributed by atoms with Gasteiger partial charge in [0.25, 0.3) is 5.78 Å². The SMILES string of the molecule is c1ccc2c(c1)OCc1cn3cnnc3nc1-2. The minimum absolute atomic E-state index is 0.535. The third-order valence-corrected chi connectivity index (χ3v) is 2.89. The fourth-order valence-electron chi connectivity index (χ4n) is 2.09. The van der Waals surface area contributed by atoms with Crippen LogP contribution in [0.2, 0.25) is 0 Å². The van der Waals surface area contributed by atoms with Gasteiger partial charge in [0, 0.05) is 17.3 Å². The Morgan fingerprint density at radius 2 is 2.18 bits per heavy atom. The van der Waals surface area contributed by atoms with E-state index in [4.69, 9.17) is 4.74 Å². The molecule has 1 aromatic carbocycles. The molecule has 0 fully saturated rings. The smallest absolute Gasteiger partial charge is 0.255 e. The summed E-state index contributed by atoms with van der Waals surface area (Å²) >= 11 is 0. The lowest BCUT2D eigenvalue weighted by Gasteiger charge is -2.19. The van der Waals surface area contributed by atoms with Gasteiger partial charge in [-0.05, 0) is 12.1 Å². The normalized spacial score (nSPS) is 12.9. The van der Waals surface area contributed by atoms with Crippen LogP contribution < -0.4 is 4.74 Å². The van der Waals surface area contributed by atoms with Gasteiger partial charge in [-0.2, -0.15) is 0 Å². The summed E-state index contributed by atoms with van der Waals surface area (Å²) in [7, 11) is 0. The van der Waals surface area contributed by atoms with Crippen LogP contribution >= 0.6 is 0 Å². The van der Waals surface area contributed by atoms with Crippen LogP contribution in [0.15, 0.2) is 36.8 Å². The van der Waals surface area contributed by atoms with Crippen molar-refractivity contribution in [1.82, 2.24) is 19.6 Å². The maximum Gasteiger partial charge on any atom is 0.255 e. The highest BCUT2D eigenvalue weighted by Crippen LogP contribution is 2.35. The number of hydrogen-bond donors (Lipinski definition) is 0. The lowest BCUT2D eigenvalue weighted by atomic mass is 10.0. The summed E-state index contributed by atoms with van der Waals surface area (Å²) in [5.41, 5.74) is 3.00. The van der Waals surface area contributed by atoms with Crippen LogP contribution in [-0.4, -0.2) is 19.6 Å². The van der Waals surface area contributed by atoms with E-state index in [1.165, 1.54) is 0 Å². The number of aromatic nitrogens is 4. The highest BCUT2D eigenvalue weighted by atomic mass is 16.5. The molecule has 5 heteroatoms. The summed E-state index contributed by atoms with van der Waals surface area (Å²) in [4.78, 5) is 4.53. The summed E-state index contributed by atoms with van der Waals surface area (Å²) in [6, 6.07) is 7.90. The van der Waals surface area contributed by atoms with Crippen LogP contribution in [0, 0.1) is 0 Å². The summed E-state index contributed by atoms with van der Waals surface area (Å²) in [6.07, 6.45) is 3.61. The van der Waals surface area contributed by atoms with Gasteiger partial charge in [-0.1, -0.05) is 12.1 Å². The minimum atomic E-state index is 0.535. The lowest BCUT2D eigenvalue weighted by Crippen LogP contribution is -2.08. The average molecular weight is 224 g/mol. The standard InChI is InChI=1S/C12H8N4O/c1-2-4-10-9(3-1)11-8(6-17-10)5-16-7-13-15-12(16)14-11/h1-5,7H,6H2. The van der Waals surface area contributed by atoms with Gasteiger partial charge in [-0.3, -0.25) is 4.40 Å². The molecule has 0 N–H and O–H groups in total. The summed E-state index contributed by atoms with van der Waals surface area (Å²) < 4.78 is 7.48. The highest BCUT2D eigenvalue weighted by Gasteiger charge is 2.19. The van der Waals surface area contributed by atoms with Gasteiger partial charge < -0.3 is 4.74 Å². The van der Waals surface area contributed by atoms with Crippen molar-refractivity contribution in [2.75, 3.05) is 0 Å². The summed E-state index contributed by atoms with van der Waals surface area (Å²) in [5, 5.41) is 7.80. The lowest BCUT2D eigenvalue weighted by molar-refractivity contribution is 0.301. The van der Waals surface area contributed by atoms with Crippen LogP contribution in [0.4, 0.5) is 0 Å². The third kappa shape index (κ3) is 1.16. The van der Waals surface area contributed by atoms with E-state index in [2.05, 4.69) is 15.2 Å². The maximum absolute atomic E-state index is 5.68. The maximum atomic E-state index is 5.68. The van der Waals surface area contributed by atoms with Gasteiger partial charge in [0.15, 0.2) is 0 Å². The monoisotopic (exact) mass is 224 g/mol. The van der Waals surface area contributed by atoms with Gasteiger partial charge in [-0.25, -0.2) is 4.98 Å². The van der Waals surface area contributed by atoms with Gasteiger partial charge >= 0.3 is 0 Å². The fourth-order valence-corrected chi connectivity index (χ4v) is 2.09.